The molecule has 0 saturated carbocycles. The highest BCUT2D eigenvalue weighted by molar-refractivity contribution is 7.89. The number of methoxy groups -OCH3 is 1. The summed E-state index contributed by atoms with van der Waals surface area (Å²) in [4.78, 5) is 5.24. The number of piperidine rings is 1. The van der Waals surface area contributed by atoms with Crippen molar-refractivity contribution in [1.82, 2.24) is 14.9 Å². The summed E-state index contributed by atoms with van der Waals surface area (Å²) in [5.74, 6) is 1.77. The third kappa shape index (κ3) is 4.59. The maximum atomic E-state index is 13.4. The fourth-order valence-electron chi connectivity index (χ4n) is 5.43. The van der Waals surface area contributed by atoms with Crippen LogP contribution in [0.4, 0.5) is 0 Å². The normalized spacial score (nSPS) is 20.4. The zero-order chi connectivity index (χ0) is 23.6. The van der Waals surface area contributed by atoms with Gasteiger partial charge in [0.2, 0.25) is 10.0 Å². The summed E-state index contributed by atoms with van der Waals surface area (Å²) in [6, 6.07) is 13.7. The summed E-state index contributed by atoms with van der Waals surface area (Å²) >= 11 is 0. The summed E-state index contributed by atoms with van der Waals surface area (Å²) in [6.07, 6.45) is 5.75. The molecule has 2 N–H and O–H groups in total. The molecule has 0 radical (unpaired) electrons. The lowest BCUT2D eigenvalue weighted by Crippen LogP contribution is -2.64. The highest BCUT2D eigenvalue weighted by atomic mass is 32.2. The van der Waals surface area contributed by atoms with Crippen molar-refractivity contribution >= 4 is 15.9 Å². The fraction of sp³-hybridized carbons (Fsp3) is 0.500. The predicted molar refractivity (Wildman–Crippen MR) is 134 cm³/mol. The van der Waals surface area contributed by atoms with Crippen LogP contribution in [0, 0.1) is 0 Å². The molecule has 2 aliphatic heterocycles. The van der Waals surface area contributed by atoms with Crippen molar-refractivity contribution in [3.05, 3.63) is 59.2 Å². The van der Waals surface area contributed by atoms with Gasteiger partial charge in [0.05, 0.1) is 24.1 Å². The van der Waals surface area contributed by atoms with Crippen molar-refractivity contribution < 1.29 is 13.2 Å². The second-order valence-electron chi connectivity index (χ2n) is 9.49. The molecular formula is C26H34N4O3S. The largest absolute Gasteiger partial charge is 0.497 e. The van der Waals surface area contributed by atoms with Crippen molar-refractivity contribution in [3.8, 4) is 5.75 Å². The Bertz CT molecular complexity index is 1170. The summed E-state index contributed by atoms with van der Waals surface area (Å²) in [5, 5.41) is 7.19. The van der Waals surface area contributed by atoms with E-state index in [1.807, 2.05) is 30.3 Å². The summed E-state index contributed by atoms with van der Waals surface area (Å²) < 4.78 is 33.9. The average Bonchev–Trinajstić information content (AvgIpc) is 2.88. The minimum Gasteiger partial charge on any atom is -0.497 e. The topological polar surface area (TPSA) is 83.0 Å². The van der Waals surface area contributed by atoms with E-state index in [-0.39, 0.29) is 5.54 Å². The van der Waals surface area contributed by atoms with Crippen molar-refractivity contribution in [1.29, 1.82) is 0 Å². The Labute approximate surface area is 202 Å². The van der Waals surface area contributed by atoms with Crippen LogP contribution >= 0.6 is 0 Å². The van der Waals surface area contributed by atoms with Crippen molar-refractivity contribution in [2.24, 2.45) is 4.99 Å². The molecule has 1 aliphatic carbocycles. The third-order valence-corrected chi connectivity index (χ3v) is 9.32. The number of rotatable bonds is 5. The van der Waals surface area contributed by atoms with Gasteiger partial charge in [-0.2, -0.15) is 4.31 Å². The second-order valence-corrected chi connectivity index (χ2v) is 11.4. The molecule has 34 heavy (non-hydrogen) atoms. The van der Waals surface area contributed by atoms with Gasteiger partial charge in [0.1, 0.15) is 11.6 Å². The number of sulfonamides is 1. The molecule has 1 fully saturated rings. The predicted octanol–water partition coefficient (Wildman–Crippen LogP) is 2.89. The van der Waals surface area contributed by atoms with E-state index in [0.29, 0.717) is 37.4 Å². The first-order valence-electron chi connectivity index (χ1n) is 12.3. The third-order valence-electron chi connectivity index (χ3n) is 7.43. The van der Waals surface area contributed by atoms with Gasteiger partial charge in [-0.1, -0.05) is 18.2 Å². The van der Waals surface area contributed by atoms with E-state index in [1.165, 1.54) is 17.5 Å². The molecule has 2 heterocycles. The van der Waals surface area contributed by atoms with Gasteiger partial charge in [0.15, 0.2) is 0 Å². The second kappa shape index (κ2) is 9.68. The molecule has 2 aromatic carbocycles. The SMILES string of the molecule is COc1cccc(CNC2=NCCNC23CCN(S(=O)(=O)c2ccc4c(c2)CCCC4)CC3)c1. The van der Waals surface area contributed by atoms with E-state index in [9.17, 15) is 8.42 Å². The minimum absolute atomic E-state index is 0.307. The van der Waals surface area contributed by atoms with Crippen LogP contribution in [0.5, 0.6) is 5.75 Å². The molecule has 182 valence electrons. The maximum absolute atomic E-state index is 13.4. The summed E-state index contributed by atoms with van der Waals surface area (Å²) in [6.45, 7) is 3.14. The molecule has 1 spiro atoms. The first-order valence-corrected chi connectivity index (χ1v) is 13.7. The number of fused-ring (bicyclic) bond motifs is 1. The van der Waals surface area contributed by atoms with Crippen LogP contribution < -0.4 is 15.4 Å². The lowest BCUT2D eigenvalue weighted by atomic mass is 9.85. The van der Waals surface area contributed by atoms with Crippen molar-refractivity contribution in [2.75, 3.05) is 33.3 Å². The number of amidine groups is 1. The van der Waals surface area contributed by atoms with Gasteiger partial charge in [0, 0.05) is 26.2 Å². The molecule has 5 rings (SSSR count). The first kappa shape index (κ1) is 23.3. The number of ether oxygens (including phenoxy) is 1. The molecule has 8 heteroatoms. The van der Waals surface area contributed by atoms with Gasteiger partial charge in [-0.05, 0) is 79.5 Å². The standard InChI is InChI=1S/C26H34N4O3S/c1-33-23-8-4-5-20(17-23)19-28-25-26(29-14-13-27-25)11-15-30(16-12-26)34(31,32)24-10-9-21-6-2-3-7-22(21)18-24/h4-5,8-10,17-18,29H,2-3,6-7,11-16,19H2,1H3,(H,27,28). The fourth-order valence-corrected chi connectivity index (χ4v) is 6.93. The van der Waals surface area contributed by atoms with Gasteiger partial charge in [-0.3, -0.25) is 4.99 Å². The van der Waals surface area contributed by atoms with Crippen LogP contribution in [-0.4, -0.2) is 57.4 Å². The van der Waals surface area contributed by atoms with E-state index in [2.05, 4.69) is 16.7 Å². The number of benzene rings is 2. The smallest absolute Gasteiger partial charge is 0.243 e. The number of nitrogens with one attached hydrogen (secondary N) is 2. The zero-order valence-electron chi connectivity index (χ0n) is 19.8. The molecule has 0 atom stereocenters. The Hall–Kier alpha value is -2.42. The lowest BCUT2D eigenvalue weighted by Gasteiger charge is -2.44. The van der Waals surface area contributed by atoms with E-state index in [1.54, 1.807) is 17.5 Å². The van der Waals surface area contributed by atoms with Gasteiger partial charge in [0.25, 0.3) is 0 Å². The zero-order valence-corrected chi connectivity index (χ0v) is 20.7. The number of aliphatic imine (C=N–C) groups is 1. The molecule has 0 amide bonds. The van der Waals surface area contributed by atoms with E-state index >= 15 is 0 Å². The summed E-state index contributed by atoms with van der Waals surface area (Å²) in [5.41, 5.74) is 3.32. The molecule has 0 unspecified atom stereocenters. The van der Waals surface area contributed by atoms with Gasteiger partial charge in [-0.15, -0.1) is 0 Å². The van der Waals surface area contributed by atoms with Crippen LogP contribution in [-0.2, 0) is 29.4 Å². The number of nitrogens with zero attached hydrogens (tertiary/aromatic N) is 2. The molecule has 2 aromatic rings. The number of hydrogen-bond donors (Lipinski definition) is 2. The van der Waals surface area contributed by atoms with Crippen LogP contribution in [0.25, 0.3) is 0 Å². The Morgan fingerprint density at radius 2 is 1.88 bits per heavy atom. The lowest BCUT2D eigenvalue weighted by molar-refractivity contribution is 0.241. The Morgan fingerprint density at radius 3 is 2.68 bits per heavy atom. The number of hydrogen-bond acceptors (Lipinski definition) is 6. The quantitative estimate of drug-likeness (QED) is 0.685. The molecule has 7 nitrogen and oxygen atoms in total. The molecular weight excluding hydrogens is 448 g/mol. The summed E-state index contributed by atoms with van der Waals surface area (Å²) in [7, 11) is -1.83. The Balaban J connectivity index is 1.27. The maximum Gasteiger partial charge on any atom is 0.243 e. The van der Waals surface area contributed by atoms with E-state index in [0.717, 1.165) is 49.5 Å². The van der Waals surface area contributed by atoms with Crippen LogP contribution in [0.3, 0.4) is 0 Å². The first-order chi connectivity index (χ1) is 16.5. The monoisotopic (exact) mass is 482 g/mol. The van der Waals surface area contributed by atoms with E-state index < -0.39 is 10.0 Å². The van der Waals surface area contributed by atoms with Gasteiger partial charge >= 0.3 is 0 Å². The number of aryl methyl sites for hydroxylation is 2. The minimum atomic E-state index is -3.50. The van der Waals surface area contributed by atoms with Crippen molar-refractivity contribution in [3.63, 3.8) is 0 Å². The van der Waals surface area contributed by atoms with Crippen LogP contribution in [0.1, 0.15) is 42.4 Å². The Morgan fingerprint density at radius 1 is 1.09 bits per heavy atom. The molecule has 0 bridgehead atoms. The highest BCUT2D eigenvalue weighted by Gasteiger charge is 2.43. The van der Waals surface area contributed by atoms with Crippen LogP contribution in [0.2, 0.25) is 0 Å². The van der Waals surface area contributed by atoms with Crippen LogP contribution in [0.15, 0.2) is 52.4 Å². The van der Waals surface area contributed by atoms with Crippen molar-refractivity contribution in [2.45, 2.75) is 55.5 Å². The average molecular weight is 483 g/mol. The van der Waals surface area contributed by atoms with E-state index in [4.69, 9.17) is 9.73 Å². The molecule has 0 aromatic heterocycles. The van der Waals surface area contributed by atoms with Gasteiger partial charge in [-0.25, -0.2) is 8.42 Å². The molecule has 3 aliphatic rings. The van der Waals surface area contributed by atoms with Gasteiger partial charge < -0.3 is 15.4 Å². The molecule has 1 saturated heterocycles. The highest BCUT2D eigenvalue weighted by Crippen LogP contribution is 2.31. The Kier molecular flexibility index (Phi) is 6.64.